The molecule has 6 heteroatoms. The molecule has 4 rings (SSSR count). The minimum atomic E-state index is -0.628. The zero-order valence-corrected chi connectivity index (χ0v) is 18.2. The van der Waals surface area contributed by atoms with Gasteiger partial charge in [0.2, 0.25) is 0 Å². The number of aromatic amines is 1. The Bertz CT molecular complexity index is 1270. The van der Waals surface area contributed by atoms with Gasteiger partial charge in [0.1, 0.15) is 5.60 Å². The average molecular weight is 418 g/mol. The molecule has 1 N–H and O–H groups in total. The van der Waals surface area contributed by atoms with Crippen molar-refractivity contribution in [2.45, 2.75) is 39.7 Å². The molecular formula is C25H26N2O4. The normalized spacial score (nSPS) is 11.7. The molecular weight excluding hydrogens is 392 g/mol. The second-order valence-corrected chi connectivity index (χ2v) is 8.48. The maximum absolute atomic E-state index is 13.1. The Morgan fingerprint density at radius 1 is 1.06 bits per heavy atom. The van der Waals surface area contributed by atoms with Crippen molar-refractivity contribution in [2.75, 3.05) is 6.61 Å². The Balaban J connectivity index is 1.82. The molecule has 0 saturated carbocycles. The number of H-pyrrole nitrogens is 1. The molecule has 31 heavy (non-hydrogen) atoms. The quantitative estimate of drug-likeness (QED) is 0.433. The van der Waals surface area contributed by atoms with E-state index in [4.69, 9.17) is 9.47 Å². The summed E-state index contributed by atoms with van der Waals surface area (Å²) in [5.41, 5.74) is 3.42. The van der Waals surface area contributed by atoms with Gasteiger partial charge in [0, 0.05) is 34.6 Å². The van der Waals surface area contributed by atoms with Crippen LogP contribution in [0.2, 0.25) is 0 Å². The third-order valence-electron chi connectivity index (χ3n) is 5.01. The number of fused-ring (bicyclic) bond motifs is 2. The number of aromatic nitrogens is 2. The molecule has 0 aliphatic heterocycles. The van der Waals surface area contributed by atoms with Crippen LogP contribution in [0, 0.1) is 0 Å². The van der Waals surface area contributed by atoms with Crippen LogP contribution in [0.3, 0.4) is 0 Å². The standard InChI is InChI=1S/C25H26N2O4/c1-5-30-23(28)16-10-11-22-17(12-16)13-19(27(22)24(29)31-25(2,3)4)14-18-15-26-21-9-7-6-8-20(18)21/h6-13,15,26H,5,14H2,1-4H3. The molecule has 0 atom stereocenters. The van der Waals surface area contributed by atoms with E-state index in [2.05, 4.69) is 11.1 Å². The number of ether oxygens (including phenoxy) is 2. The summed E-state index contributed by atoms with van der Waals surface area (Å²) in [6.07, 6.45) is 2.06. The molecule has 0 aliphatic rings. The first kappa shape index (κ1) is 20.7. The van der Waals surface area contributed by atoms with E-state index in [1.807, 2.05) is 51.2 Å². The topological polar surface area (TPSA) is 73.3 Å². The molecule has 0 fully saturated rings. The molecule has 2 heterocycles. The van der Waals surface area contributed by atoms with Gasteiger partial charge in [-0.2, -0.15) is 0 Å². The van der Waals surface area contributed by atoms with Gasteiger partial charge in [-0.15, -0.1) is 0 Å². The van der Waals surface area contributed by atoms with Gasteiger partial charge < -0.3 is 14.5 Å². The molecule has 2 aromatic carbocycles. The fraction of sp³-hybridized carbons (Fsp3) is 0.280. The van der Waals surface area contributed by atoms with Crippen LogP contribution >= 0.6 is 0 Å². The van der Waals surface area contributed by atoms with Crippen LogP contribution in [-0.2, 0) is 15.9 Å². The predicted molar refractivity (Wildman–Crippen MR) is 121 cm³/mol. The van der Waals surface area contributed by atoms with Crippen molar-refractivity contribution in [3.05, 3.63) is 71.5 Å². The fourth-order valence-corrected chi connectivity index (χ4v) is 3.74. The summed E-state index contributed by atoms with van der Waals surface area (Å²) >= 11 is 0. The Hall–Kier alpha value is -3.54. The van der Waals surface area contributed by atoms with E-state index < -0.39 is 11.7 Å². The molecule has 2 aromatic heterocycles. The molecule has 4 aromatic rings. The number of esters is 1. The van der Waals surface area contributed by atoms with Crippen LogP contribution in [0.1, 0.15) is 49.3 Å². The third kappa shape index (κ3) is 4.19. The third-order valence-corrected chi connectivity index (χ3v) is 5.01. The number of nitrogens with one attached hydrogen (secondary N) is 1. The summed E-state index contributed by atoms with van der Waals surface area (Å²) in [7, 11) is 0. The summed E-state index contributed by atoms with van der Waals surface area (Å²) in [5.74, 6) is -0.382. The highest BCUT2D eigenvalue weighted by atomic mass is 16.6. The number of rotatable bonds is 4. The van der Waals surface area contributed by atoms with Crippen molar-refractivity contribution in [3.63, 3.8) is 0 Å². The first-order chi connectivity index (χ1) is 14.8. The molecule has 0 saturated heterocycles. The van der Waals surface area contributed by atoms with E-state index in [0.29, 0.717) is 24.1 Å². The number of hydrogen-bond acceptors (Lipinski definition) is 4. The lowest BCUT2D eigenvalue weighted by molar-refractivity contribution is 0.0522. The number of benzene rings is 2. The van der Waals surface area contributed by atoms with Crippen LogP contribution < -0.4 is 0 Å². The Kier molecular flexibility index (Phi) is 5.31. The second-order valence-electron chi connectivity index (χ2n) is 8.48. The van der Waals surface area contributed by atoms with Crippen LogP contribution in [0.5, 0.6) is 0 Å². The van der Waals surface area contributed by atoms with Gasteiger partial charge in [-0.1, -0.05) is 18.2 Å². The maximum Gasteiger partial charge on any atom is 0.419 e. The number of carbonyl (C=O) groups excluding carboxylic acids is 2. The predicted octanol–water partition coefficient (Wildman–Crippen LogP) is 5.67. The van der Waals surface area contributed by atoms with Crippen LogP contribution in [0.15, 0.2) is 54.7 Å². The number of hydrogen-bond donors (Lipinski definition) is 1. The highest BCUT2D eigenvalue weighted by Crippen LogP contribution is 2.27. The van der Waals surface area contributed by atoms with Crippen molar-refractivity contribution in [1.29, 1.82) is 0 Å². The van der Waals surface area contributed by atoms with Gasteiger partial charge in [0.25, 0.3) is 0 Å². The molecule has 0 unspecified atom stereocenters. The van der Waals surface area contributed by atoms with Crippen LogP contribution in [0.4, 0.5) is 4.79 Å². The summed E-state index contributed by atoms with van der Waals surface area (Å²) in [6, 6.07) is 15.2. The zero-order valence-electron chi connectivity index (χ0n) is 18.2. The molecule has 0 radical (unpaired) electrons. The van der Waals surface area contributed by atoms with E-state index in [1.165, 1.54) is 0 Å². The summed E-state index contributed by atoms with van der Waals surface area (Å²) in [6.45, 7) is 7.61. The van der Waals surface area contributed by atoms with Crippen molar-refractivity contribution in [1.82, 2.24) is 9.55 Å². The number of carbonyl (C=O) groups is 2. The minimum Gasteiger partial charge on any atom is -0.462 e. The second kappa shape index (κ2) is 7.95. The monoisotopic (exact) mass is 418 g/mol. The summed E-state index contributed by atoms with van der Waals surface area (Å²) in [5, 5.41) is 1.89. The van der Waals surface area contributed by atoms with E-state index in [-0.39, 0.29) is 5.97 Å². The van der Waals surface area contributed by atoms with Crippen LogP contribution in [0.25, 0.3) is 21.8 Å². The van der Waals surface area contributed by atoms with Gasteiger partial charge in [-0.25, -0.2) is 14.2 Å². The summed E-state index contributed by atoms with van der Waals surface area (Å²) in [4.78, 5) is 28.6. The summed E-state index contributed by atoms with van der Waals surface area (Å²) < 4.78 is 12.4. The Morgan fingerprint density at radius 2 is 1.84 bits per heavy atom. The molecule has 160 valence electrons. The average Bonchev–Trinajstić information content (AvgIpc) is 3.27. The SMILES string of the molecule is CCOC(=O)c1ccc2c(c1)cc(Cc1c[nH]c3ccccc13)n2C(=O)OC(C)(C)C. The molecule has 0 aliphatic carbocycles. The Labute approximate surface area is 180 Å². The van der Waals surface area contributed by atoms with Crippen LogP contribution in [-0.4, -0.2) is 33.8 Å². The van der Waals surface area contributed by atoms with Gasteiger partial charge in [0.05, 0.1) is 17.7 Å². The lowest BCUT2D eigenvalue weighted by Crippen LogP contribution is -2.28. The van der Waals surface area contributed by atoms with Crippen molar-refractivity contribution in [2.24, 2.45) is 0 Å². The molecule has 0 spiro atoms. The molecule has 0 bridgehead atoms. The number of nitrogens with zero attached hydrogens (tertiary/aromatic N) is 1. The van der Waals surface area contributed by atoms with Gasteiger partial charge in [-0.05, 0) is 63.6 Å². The first-order valence-electron chi connectivity index (χ1n) is 10.4. The molecule has 0 amide bonds. The minimum absolute atomic E-state index is 0.307. The largest absolute Gasteiger partial charge is 0.462 e. The van der Waals surface area contributed by atoms with Crippen molar-refractivity contribution < 1.29 is 19.1 Å². The smallest absolute Gasteiger partial charge is 0.419 e. The highest BCUT2D eigenvalue weighted by molar-refractivity contribution is 5.98. The highest BCUT2D eigenvalue weighted by Gasteiger charge is 2.23. The first-order valence-corrected chi connectivity index (χ1v) is 10.4. The Morgan fingerprint density at radius 3 is 2.58 bits per heavy atom. The molecule has 6 nitrogen and oxygen atoms in total. The van der Waals surface area contributed by atoms with Gasteiger partial charge in [0.15, 0.2) is 0 Å². The van der Waals surface area contributed by atoms with E-state index in [0.717, 1.165) is 27.5 Å². The van der Waals surface area contributed by atoms with Gasteiger partial charge >= 0.3 is 12.1 Å². The van der Waals surface area contributed by atoms with Gasteiger partial charge in [-0.3, -0.25) is 0 Å². The zero-order chi connectivity index (χ0) is 22.2. The van der Waals surface area contributed by atoms with E-state index in [1.54, 1.807) is 29.7 Å². The lowest BCUT2D eigenvalue weighted by Gasteiger charge is -2.21. The fourth-order valence-electron chi connectivity index (χ4n) is 3.74. The maximum atomic E-state index is 13.1. The van der Waals surface area contributed by atoms with E-state index >= 15 is 0 Å². The van der Waals surface area contributed by atoms with Crippen molar-refractivity contribution in [3.8, 4) is 0 Å². The lowest BCUT2D eigenvalue weighted by atomic mass is 10.1. The van der Waals surface area contributed by atoms with Crippen molar-refractivity contribution >= 4 is 33.9 Å². The number of para-hydroxylation sites is 1. The van der Waals surface area contributed by atoms with E-state index in [9.17, 15) is 9.59 Å².